The molecule has 3 rings (SSSR count). The fourth-order valence-electron chi connectivity index (χ4n) is 2.65. The Morgan fingerprint density at radius 1 is 1.41 bits per heavy atom. The first kappa shape index (κ1) is 11.0. The van der Waals surface area contributed by atoms with Crippen molar-refractivity contribution in [3.8, 4) is 17.2 Å². The highest BCUT2D eigenvalue weighted by Gasteiger charge is 2.44. The summed E-state index contributed by atoms with van der Waals surface area (Å²) in [5, 5.41) is 10.5. The van der Waals surface area contributed by atoms with Crippen molar-refractivity contribution in [1.29, 1.82) is 0 Å². The van der Waals surface area contributed by atoms with E-state index in [1.165, 1.54) is 0 Å². The molecule has 92 valence electrons. The normalized spacial score (nSPS) is 20.1. The highest BCUT2D eigenvalue weighted by molar-refractivity contribution is 6.32. The molecular weight excluding hydrogens is 242 g/mol. The fourth-order valence-corrected chi connectivity index (χ4v) is 2.85. The summed E-state index contributed by atoms with van der Waals surface area (Å²) in [6, 6.07) is 1.59. The van der Waals surface area contributed by atoms with Crippen molar-refractivity contribution >= 4 is 11.6 Å². The van der Waals surface area contributed by atoms with E-state index < -0.39 is 0 Å². The fraction of sp³-hybridized carbons (Fsp3) is 0.500. The van der Waals surface area contributed by atoms with Crippen molar-refractivity contribution in [1.82, 2.24) is 0 Å². The molecule has 1 heterocycles. The van der Waals surface area contributed by atoms with Gasteiger partial charge in [-0.05, 0) is 12.8 Å². The highest BCUT2D eigenvalue weighted by atomic mass is 35.5. The molecule has 0 aromatic heterocycles. The summed E-state index contributed by atoms with van der Waals surface area (Å²) >= 11 is 6.02. The number of phenols is 1. The molecule has 0 radical (unpaired) electrons. The summed E-state index contributed by atoms with van der Waals surface area (Å²) in [5.74, 6) is 1.29. The molecule has 0 bridgehead atoms. The van der Waals surface area contributed by atoms with Crippen LogP contribution in [0.3, 0.4) is 0 Å². The summed E-state index contributed by atoms with van der Waals surface area (Å²) in [4.78, 5) is 0. The minimum atomic E-state index is -0.202. The Morgan fingerprint density at radius 3 is 2.76 bits per heavy atom. The van der Waals surface area contributed by atoms with Crippen LogP contribution >= 0.6 is 11.6 Å². The minimum absolute atomic E-state index is 0.0843. The van der Waals surface area contributed by atoms with Gasteiger partial charge in [0.2, 0.25) is 6.79 Å². The van der Waals surface area contributed by atoms with Gasteiger partial charge < -0.3 is 20.3 Å². The number of aromatic hydroxyl groups is 1. The lowest BCUT2D eigenvalue weighted by molar-refractivity contribution is 0.168. The average Bonchev–Trinajstić information content (AvgIpc) is 2.69. The second kappa shape index (κ2) is 3.68. The number of halogens is 1. The van der Waals surface area contributed by atoms with Gasteiger partial charge in [0, 0.05) is 23.6 Å². The van der Waals surface area contributed by atoms with Crippen molar-refractivity contribution in [2.75, 3.05) is 13.3 Å². The zero-order valence-corrected chi connectivity index (χ0v) is 10.1. The van der Waals surface area contributed by atoms with E-state index in [-0.39, 0.29) is 18.0 Å². The predicted octanol–water partition coefficient (Wildman–Crippen LogP) is 2.15. The largest absolute Gasteiger partial charge is 0.506 e. The van der Waals surface area contributed by atoms with Crippen molar-refractivity contribution in [2.24, 2.45) is 5.73 Å². The van der Waals surface area contributed by atoms with Crippen molar-refractivity contribution in [2.45, 2.75) is 24.7 Å². The smallest absolute Gasteiger partial charge is 0.231 e. The predicted molar refractivity (Wildman–Crippen MR) is 63.8 cm³/mol. The molecule has 3 N–H and O–H groups in total. The Balaban J connectivity index is 2.21. The summed E-state index contributed by atoms with van der Waals surface area (Å²) in [6.07, 6.45) is 3.01. The van der Waals surface area contributed by atoms with E-state index in [1.807, 2.05) is 0 Å². The molecule has 0 atom stereocenters. The van der Waals surface area contributed by atoms with E-state index in [2.05, 4.69) is 0 Å². The lowest BCUT2D eigenvalue weighted by atomic mass is 9.64. The zero-order valence-electron chi connectivity index (χ0n) is 9.33. The van der Waals surface area contributed by atoms with Gasteiger partial charge in [0.25, 0.3) is 0 Å². The van der Waals surface area contributed by atoms with E-state index in [0.717, 1.165) is 24.8 Å². The molecule has 1 aromatic rings. The number of hydrogen-bond acceptors (Lipinski definition) is 4. The van der Waals surface area contributed by atoms with Crippen LogP contribution in [0, 0.1) is 0 Å². The molecule has 17 heavy (non-hydrogen) atoms. The second-order valence-corrected chi connectivity index (χ2v) is 5.06. The Bertz CT molecular complexity index is 466. The van der Waals surface area contributed by atoms with Crippen molar-refractivity contribution in [3.63, 3.8) is 0 Å². The quantitative estimate of drug-likeness (QED) is 0.850. The molecule has 0 saturated heterocycles. The Morgan fingerprint density at radius 2 is 2.18 bits per heavy atom. The van der Waals surface area contributed by atoms with E-state index in [1.54, 1.807) is 6.07 Å². The maximum Gasteiger partial charge on any atom is 0.231 e. The van der Waals surface area contributed by atoms with Crippen LogP contribution in [0.25, 0.3) is 0 Å². The molecule has 4 nitrogen and oxygen atoms in total. The summed E-state index contributed by atoms with van der Waals surface area (Å²) in [5.41, 5.74) is 6.39. The second-order valence-electron chi connectivity index (χ2n) is 4.65. The highest BCUT2D eigenvalue weighted by Crippen LogP contribution is 2.55. The number of hydrogen-bond donors (Lipinski definition) is 2. The molecule has 5 heteroatoms. The minimum Gasteiger partial charge on any atom is -0.506 e. The van der Waals surface area contributed by atoms with Crippen LogP contribution in [-0.2, 0) is 5.41 Å². The molecule has 0 amide bonds. The topological polar surface area (TPSA) is 64.7 Å². The van der Waals surface area contributed by atoms with Gasteiger partial charge >= 0.3 is 0 Å². The Kier molecular flexibility index (Phi) is 2.38. The van der Waals surface area contributed by atoms with Crippen molar-refractivity contribution < 1.29 is 14.6 Å². The molecule has 0 unspecified atom stereocenters. The van der Waals surface area contributed by atoms with Crippen molar-refractivity contribution in [3.05, 3.63) is 16.7 Å². The van der Waals surface area contributed by atoms with Gasteiger partial charge in [-0.3, -0.25) is 0 Å². The molecule has 1 aliphatic heterocycles. The first-order valence-corrected chi connectivity index (χ1v) is 6.07. The molecule has 1 aromatic carbocycles. The molecule has 1 fully saturated rings. The number of rotatable bonds is 2. The SMILES string of the molecule is NCC1(c2c(O)c(Cl)cc3c2OCO3)CCC1. The monoisotopic (exact) mass is 255 g/mol. The first-order chi connectivity index (χ1) is 8.18. The van der Waals surface area contributed by atoms with Gasteiger partial charge in [-0.15, -0.1) is 0 Å². The van der Waals surface area contributed by atoms with Crippen LogP contribution < -0.4 is 15.2 Å². The van der Waals surface area contributed by atoms with Gasteiger partial charge in [-0.2, -0.15) is 0 Å². The zero-order chi connectivity index (χ0) is 12.0. The van der Waals surface area contributed by atoms with Crippen LogP contribution in [0.4, 0.5) is 0 Å². The number of nitrogens with two attached hydrogens (primary N) is 1. The third-order valence-electron chi connectivity index (χ3n) is 3.82. The first-order valence-electron chi connectivity index (χ1n) is 5.69. The number of ether oxygens (including phenoxy) is 2. The third kappa shape index (κ3) is 1.40. The van der Waals surface area contributed by atoms with Gasteiger partial charge in [0.15, 0.2) is 11.5 Å². The summed E-state index contributed by atoms with van der Waals surface area (Å²) < 4.78 is 10.8. The van der Waals surface area contributed by atoms with Crippen LogP contribution in [0.15, 0.2) is 6.07 Å². The standard InChI is InChI=1S/C12H14ClNO3/c13-7-4-8-11(17-6-16-8)9(10(7)15)12(5-14)2-1-3-12/h4,15H,1-3,5-6,14H2. The van der Waals surface area contributed by atoms with E-state index >= 15 is 0 Å². The lowest BCUT2D eigenvalue weighted by Gasteiger charge is -2.42. The molecule has 1 aliphatic carbocycles. The molecule has 2 aliphatic rings. The molecule has 1 saturated carbocycles. The summed E-state index contributed by atoms with van der Waals surface area (Å²) in [7, 11) is 0. The van der Waals surface area contributed by atoms with Gasteiger partial charge in [-0.25, -0.2) is 0 Å². The van der Waals surface area contributed by atoms with E-state index in [0.29, 0.717) is 23.1 Å². The van der Waals surface area contributed by atoms with E-state index in [4.69, 9.17) is 26.8 Å². The van der Waals surface area contributed by atoms with Crippen LogP contribution in [0.1, 0.15) is 24.8 Å². The van der Waals surface area contributed by atoms with Crippen LogP contribution in [0.2, 0.25) is 5.02 Å². The third-order valence-corrected chi connectivity index (χ3v) is 4.11. The lowest BCUT2D eigenvalue weighted by Crippen LogP contribution is -2.41. The van der Waals surface area contributed by atoms with Gasteiger partial charge in [0.05, 0.1) is 5.02 Å². The van der Waals surface area contributed by atoms with Gasteiger partial charge in [0.1, 0.15) is 5.75 Å². The molecule has 0 spiro atoms. The number of fused-ring (bicyclic) bond motifs is 1. The van der Waals surface area contributed by atoms with Crippen LogP contribution in [-0.4, -0.2) is 18.4 Å². The van der Waals surface area contributed by atoms with E-state index in [9.17, 15) is 5.11 Å². The van der Waals surface area contributed by atoms with Crippen LogP contribution in [0.5, 0.6) is 17.2 Å². The number of benzene rings is 1. The maximum atomic E-state index is 10.2. The Hall–Kier alpha value is -1.13. The average molecular weight is 256 g/mol. The van der Waals surface area contributed by atoms with Gasteiger partial charge in [-0.1, -0.05) is 18.0 Å². The Labute approximate surface area is 104 Å². The molecular formula is C12H14ClNO3. The maximum absolute atomic E-state index is 10.2. The number of phenolic OH excluding ortho intramolecular Hbond substituents is 1. The summed E-state index contributed by atoms with van der Waals surface area (Å²) in [6.45, 7) is 0.652.